The van der Waals surface area contributed by atoms with E-state index in [1.807, 2.05) is 6.26 Å². The molecule has 1 aromatic rings. The number of nitrogens with zero attached hydrogens (tertiary/aromatic N) is 1. The summed E-state index contributed by atoms with van der Waals surface area (Å²) >= 11 is 4.71. The molecule has 0 aliphatic carbocycles. The fraction of sp³-hybridized carbons (Fsp3) is 0.364. The maximum atomic E-state index is 11.8. The Balaban J connectivity index is 2.70. The molecule has 104 valence electrons. The van der Waals surface area contributed by atoms with Crippen LogP contribution in [0.15, 0.2) is 22.7 Å². The fourth-order valence-corrected chi connectivity index (χ4v) is 2.36. The van der Waals surface area contributed by atoms with E-state index in [9.17, 15) is 14.9 Å². The molecule has 0 saturated heterocycles. The van der Waals surface area contributed by atoms with Gasteiger partial charge in [-0.05, 0) is 46.5 Å². The first-order valence-corrected chi connectivity index (χ1v) is 7.63. The SMILES string of the molecule is CSCC[C@H](N)C(=O)Nc1ccc([N+](=O)[O-])c(Br)c1. The third kappa shape index (κ3) is 4.81. The number of nitrogens with two attached hydrogens (primary N) is 1. The topological polar surface area (TPSA) is 98.3 Å². The van der Waals surface area contributed by atoms with Crippen molar-refractivity contribution in [2.75, 3.05) is 17.3 Å². The van der Waals surface area contributed by atoms with Crippen LogP contribution in [0.3, 0.4) is 0 Å². The third-order valence-corrected chi connectivity index (χ3v) is 3.66. The van der Waals surface area contributed by atoms with Gasteiger partial charge in [-0.2, -0.15) is 11.8 Å². The minimum atomic E-state index is -0.582. The summed E-state index contributed by atoms with van der Waals surface area (Å²) in [6.45, 7) is 0. The Kier molecular flexibility index (Phi) is 6.26. The second-order valence-electron chi connectivity index (χ2n) is 3.80. The molecule has 0 bridgehead atoms. The van der Waals surface area contributed by atoms with Crippen molar-refractivity contribution in [2.45, 2.75) is 12.5 Å². The second kappa shape index (κ2) is 7.46. The Morgan fingerprint density at radius 2 is 2.32 bits per heavy atom. The first kappa shape index (κ1) is 15.9. The number of hydrogen-bond acceptors (Lipinski definition) is 5. The summed E-state index contributed by atoms with van der Waals surface area (Å²) in [5.74, 6) is 0.508. The van der Waals surface area contributed by atoms with E-state index in [4.69, 9.17) is 5.73 Å². The molecule has 6 nitrogen and oxygen atoms in total. The molecular formula is C11H14BrN3O3S. The molecule has 19 heavy (non-hydrogen) atoms. The third-order valence-electron chi connectivity index (χ3n) is 2.38. The fourth-order valence-electron chi connectivity index (χ4n) is 1.34. The quantitative estimate of drug-likeness (QED) is 0.608. The summed E-state index contributed by atoms with van der Waals surface area (Å²) in [5, 5.41) is 13.3. The Morgan fingerprint density at radius 1 is 1.63 bits per heavy atom. The molecule has 0 aliphatic rings. The van der Waals surface area contributed by atoms with E-state index in [-0.39, 0.29) is 11.6 Å². The van der Waals surface area contributed by atoms with Crippen molar-refractivity contribution in [1.29, 1.82) is 0 Å². The van der Waals surface area contributed by atoms with Crippen molar-refractivity contribution >= 4 is 45.0 Å². The van der Waals surface area contributed by atoms with E-state index in [0.29, 0.717) is 16.6 Å². The van der Waals surface area contributed by atoms with E-state index in [0.717, 1.165) is 5.75 Å². The summed E-state index contributed by atoms with van der Waals surface area (Å²) in [6, 6.07) is 3.70. The predicted molar refractivity (Wildman–Crippen MR) is 80.4 cm³/mol. The molecule has 1 aromatic carbocycles. The van der Waals surface area contributed by atoms with Crippen molar-refractivity contribution in [3.05, 3.63) is 32.8 Å². The van der Waals surface area contributed by atoms with Crippen LogP contribution < -0.4 is 11.1 Å². The lowest BCUT2D eigenvalue weighted by Gasteiger charge is -2.11. The van der Waals surface area contributed by atoms with E-state index in [1.165, 1.54) is 18.2 Å². The first-order chi connectivity index (χ1) is 8.95. The number of anilines is 1. The summed E-state index contributed by atoms with van der Waals surface area (Å²) in [4.78, 5) is 21.9. The van der Waals surface area contributed by atoms with Gasteiger partial charge >= 0.3 is 0 Å². The Hall–Kier alpha value is -1.12. The number of carbonyl (C=O) groups is 1. The van der Waals surface area contributed by atoms with Crippen molar-refractivity contribution in [3.8, 4) is 0 Å². The van der Waals surface area contributed by atoms with Gasteiger partial charge < -0.3 is 11.1 Å². The highest BCUT2D eigenvalue weighted by atomic mass is 79.9. The van der Waals surface area contributed by atoms with Crippen LogP contribution in [0.2, 0.25) is 0 Å². The lowest BCUT2D eigenvalue weighted by Crippen LogP contribution is -2.36. The van der Waals surface area contributed by atoms with Crippen LogP contribution >= 0.6 is 27.7 Å². The highest BCUT2D eigenvalue weighted by Gasteiger charge is 2.16. The lowest BCUT2D eigenvalue weighted by atomic mass is 10.2. The number of amides is 1. The van der Waals surface area contributed by atoms with Crippen LogP contribution in [0.4, 0.5) is 11.4 Å². The van der Waals surface area contributed by atoms with Gasteiger partial charge in [0.25, 0.3) is 5.69 Å². The van der Waals surface area contributed by atoms with Crippen LogP contribution in [-0.4, -0.2) is 28.9 Å². The minimum absolute atomic E-state index is 0.0512. The Bertz CT molecular complexity index is 484. The summed E-state index contributed by atoms with van der Waals surface area (Å²) in [5.41, 5.74) is 6.14. The number of rotatable bonds is 6. The van der Waals surface area contributed by atoms with Gasteiger partial charge in [0, 0.05) is 11.8 Å². The molecule has 0 heterocycles. The average molecular weight is 348 g/mol. The van der Waals surface area contributed by atoms with E-state index in [2.05, 4.69) is 21.2 Å². The maximum absolute atomic E-state index is 11.8. The van der Waals surface area contributed by atoms with E-state index >= 15 is 0 Å². The van der Waals surface area contributed by atoms with Crippen LogP contribution in [0.1, 0.15) is 6.42 Å². The average Bonchev–Trinajstić information content (AvgIpc) is 2.35. The molecule has 3 N–H and O–H groups in total. The number of nitrogens with one attached hydrogen (secondary N) is 1. The Morgan fingerprint density at radius 3 is 2.84 bits per heavy atom. The predicted octanol–water partition coefficient (Wildman–Crippen LogP) is 2.38. The second-order valence-corrected chi connectivity index (χ2v) is 5.64. The van der Waals surface area contributed by atoms with Crippen molar-refractivity contribution < 1.29 is 9.72 Å². The largest absolute Gasteiger partial charge is 0.325 e. The van der Waals surface area contributed by atoms with Crippen molar-refractivity contribution in [3.63, 3.8) is 0 Å². The maximum Gasteiger partial charge on any atom is 0.283 e. The highest BCUT2D eigenvalue weighted by Crippen LogP contribution is 2.27. The monoisotopic (exact) mass is 347 g/mol. The number of benzene rings is 1. The zero-order valence-corrected chi connectivity index (χ0v) is 12.7. The molecule has 0 saturated carbocycles. The molecule has 0 aliphatic heterocycles. The molecule has 1 atom stereocenters. The molecule has 0 radical (unpaired) electrons. The number of hydrogen-bond donors (Lipinski definition) is 2. The zero-order chi connectivity index (χ0) is 14.4. The molecule has 0 spiro atoms. The number of halogens is 1. The van der Waals surface area contributed by atoms with E-state index in [1.54, 1.807) is 11.8 Å². The van der Waals surface area contributed by atoms with Gasteiger partial charge in [-0.3, -0.25) is 14.9 Å². The standard InChI is InChI=1S/C11H14BrN3O3S/c1-19-5-4-9(13)11(16)14-7-2-3-10(15(17)18)8(12)6-7/h2-3,6,9H,4-5,13H2,1H3,(H,14,16)/t9-/m0/s1. The zero-order valence-electron chi connectivity index (χ0n) is 10.3. The summed E-state index contributed by atoms with van der Waals surface area (Å²) in [6.07, 6.45) is 2.53. The molecule has 8 heteroatoms. The molecule has 1 amide bonds. The normalized spacial score (nSPS) is 11.9. The van der Waals surface area contributed by atoms with Gasteiger partial charge in [-0.15, -0.1) is 0 Å². The van der Waals surface area contributed by atoms with Gasteiger partial charge in [0.05, 0.1) is 15.4 Å². The molecular weight excluding hydrogens is 334 g/mol. The summed E-state index contributed by atoms with van der Waals surface area (Å²) in [7, 11) is 0. The first-order valence-electron chi connectivity index (χ1n) is 5.45. The van der Waals surface area contributed by atoms with Gasteiger partial charge in [0.2, 0.25) is 5.91 Å². The van der Waals surface area contributed by atoms with Crippen molar-refractivity contribution in [1.82, 2.24) is 0 Å². The minimum Gasteiger partial charge on any atom is -0.325 e. The van der Waals surface area contributed by atoms with Crippen LogP contribution in [-0.2, 0) is 4.79 Å². The number of carbonyl (C=O) groups excluding carboxylic acids is 1. The van der Waals surface area contributed by atoms with Crippen LogP contribution in [0, 0.1) is 10.1 Å². The summed E-state index contributed by atoms with van der Waals surface area (Å²) < 4.78 is 0.313. The van der Waals surface area contributed by atoms with Gasteiger partial charge in [-0.25, -0.2) is 0 Å². The Labute approximate surface area is 123 Å². The van der Waals surface area contributed by atoms with Gasteiger partial charge in [-0.1, -0.05) is 0 Å². The highest BCUT2D eigenvalue weighted by molar-refractivity contribution is 9.10. The van der Waals surface area contributed by atoms with Crippen molar-refractivity contribution in [2.24, 2.45) is 5.73 Å². The lowest BCUT2D eigenvalue weighted by molar-refractivity contribution is -0.385. The smallest absolute Gasteiger partial charge is 0.283 e. The molecule has 1 rings (SSSR count). The number of thioether (sulfide) groups is 1. The molecule has 0 unspecified atom stereocenters. The number of nitro benzene ring substituents is 1. The van der Waals surface area contributed by atoms with Crippen LogP contribution in [0.25, 0.3) is 0 Å². The van der Waals surface area contributed by atoms with Crippen LogP contribution in [0.5, 0.6) is 0 Å². The van der Waals surface area contributed by atoms with E-state index < -0.39 is 11.0 Å². The van der Waals surface area contributed by atoms with Gasteiger partial charge in [0.15, 0.2) is 0 Å². The van der Waals surface area contributed by atoms with Gasteiger partial charge in [0.1, 0.15) is 0 Å². The molecule has 0 fully saturated rings. The molecule has 0 aromatic heterocycles. The number of nitro groups is 1.